The maximum Gasteiger partial charge on any atom is 0.149 e. The highest BCUT2D eigenvalue weighted by Gasteiger charge is 2.12. The first-order valence-electron chi connectivity index (χ1n) is 6.76. The highest BCUT2D eigenvalue weighted by Crippen LogP contribution is 2.37. The molecule has 2 nitrogen and oxygen atoms in total. The fraction of sp³-hybridized carbons (Fsp3) is 0.0556. The van der Waals surface area contributed by atoms with Crippen LogP contribution in [0, 0.1) is 6.92 Å². The Balaban J connectivity index is 2.09. The number of hydrogen-bond donors (Lipinski definition) is 0. The summed E-state index contributed by atoms with van der Waals surface area (Å²) in [6.45, 7) is 2.08. The zero-order chi connectivity index (χ0) is 14.4. The van der Waals surface area contributed by atoms with Crippen molar-refractivity contribution in [3.8, 4) is 11.1 Å². The van der Waals surface area contributed by atoms with Gasteiger partial charge >= 0.3 is 0 Å². The summed E-state index contributed by atoms with van der Waals surface area (Å²) in [6, 6.07) is 14.5. The van der Waals surface area contributed by atoms with Crippen molar-refractivity contribution in [2.45, 2.75) is 6.92 Å². The number of furan rings is 1. The van der Waals surface area contributed by atoms with Gasteiger partial charge in [-0.1, -0.05) is 18.2 Å². The molecule has 0 aliphatic heterocycles. The van der Waals surface area contributed by atoms with E-state index < -0.39 is 0 Å². The number of rotatable bonds is 1. The van der Waals surface area contributed by atoms with Crippen molar-refractivity contribution in [3.63, 3.8) is 0 Å². The molecule has 2 aromatic carbocycles. The van der Waals surface area contributed by atoms with Crippen LogP contribution in [0.3, 0.4) is 0 Å². The minimum absolute atomic E-state index is 0.895. The van der Waals surface area contributed by atoms with Crippen molar-refractivity contribution in [3.05, 3.63) is 64.9 Å². The first-order valence-corrected chi connectivity index (χ1v) is 7.55. The van der Waals surface area contributed by atoms with Gasteiger partial charge in [0.25, 0.3) is 0 Å². The summed E-state index contributed by atoms with van der Waals surface area (Å²) in [6.07, 6.45) is 3.72. The maximum atomic E-state index is 5.95. The Hall–Kier alpha value is -2.13. The molecule has 0 radical (unpaired) electrons. The first-order chi connectivity index (χ1) is 10.2. The minimum atomic E-state index is 0.895. The van der Waals surface area contributed by atoms with E-state index in [1.165, 1.54) is 11.1 Å². The maximum absolute atomic E-state index is 5.95. The summed E-state index contributed by atoms with van der Waals surface area (Å²) in [5, 5.41) is 2.27. The number of pyridine rings is 1. The summed E-state index contributed by atoms with van der Waals surface area (Å²) in [5.41, 5.74) is 5.33. The van der Waals surface area contributed by atoms with E-state index in [1.807, 2.05) is 36.7 Å². The van der Waals surface area contributed by atoms with Gasteiger partial charge in [-0.25, -0.2) is 0 Å². The topological polar surface area (TPSA) is 26.0 Å². The van der Waals surface area contributed by atoms with E-state index in [1.54, 1.807) is 0 Å². The number of aryl methyl sites for hydroxylation is 1. The molecule has 0 aliphatic rings. The zero-order valence-electron chi connectivity index (χ0n) is 11.4. The molecule has 0 saturated carbocycles. The molecule has 0 bridgehead atoms. The molecular formula is C18H12BrNO. The molecule has 4 aromatic rings. The zero-order valence-corrected chi connectivity index (χ0v) is 13.0. The summed E-state index contributed by atoms with van der Waals surface area (Å²) >= 11 is 3.64. The van der Waals surface area contributed by atoms with Gasteiger partial charge in [-0.3, -0.25) is 4.98 Å². The molecule has 0 fully saturated rings. The van der Waals surface area contributed by atoms with Crippen LogP contribution in [0.15, 0.2) is 63.7 Å². The van der Waals surface area contributed by atoms with Crippen molar-refractivity contribution >= 4 is 37.9 Å². The van der Waals surface area contributed by atoms with Gasteiger partial charge in [0.15, 0.2) is 0 Å². The number of hydrogen-bond acceptors (Lipinski definition) is 2. The van der Waals surface area contributed by atoms with Crippen LogP contribution in [0.1, 0.15) is 5.56 Å². The third kappa shape index (κ3) is 1.96. The second-order valence-electron chi connectivity index (χ2n) is 5.12. The summed E-state index contributed by atoms with van der Waals surface area (Å²) in [4.78, 5) is 4.16. The van der Waals surface area contributed by atoms with Gasteiger partial charge in [-0.2, -0.15) is 0 Å². The Morgan fingerprint density at radius 1 is 1.05 bits per heavy atom. The molecule has 0 atom stereocenters. The van der Waals surface area contributed by atoms with Gasteiger partial charge in [0.05, 0.1) is 4.47 Å². The Morgan fingerprint density at radius 3 is 2.76 bits per heavy atom. The van der Waals surface area contributed by atoms with Crippen LogP contribution in [0.25, 0.3) is 33.1 Å². The fourth-order valence-corrected chi connectivity index (χ4v) is 3.28. The van der Waals surface area contributed by atoms with Crippen molar-refractivity contribution in [1.82, 2.24) is 4.98 Å². The molecule has 0 unspecified atom stereocenters. The average Bonchev–Trinajstić information content (AvgIpc) is 2.87. The lowest BCUT2D eigenvalue weighted by Gasteiger charge is -2.06. The van der Waals surface area contributed by atoms with Crippen LogP contribution < -0.4 is 0 Å². The number of benzene rings is 2. The van der Waals surface area contributed by atoms with Gasteiger partial charge in [-0.05, 0) is 63.8 Å². The van der Waals surface area contributed by atoms with E-state index in [4.69, 9.17) is 4.42 Å². The predicted octanol–water partition coefficient (Wildman–Crippen LogP) is 5.72. The Morgan fingerprint density at radius 2 is 1.90 bits per heavy atom. The molecule has 0 N–H and O–H groups in total. The second kappa shape index (κ2) is 4.71. The second-order valence-corrected chi connectivity index (χ2v) is 5.98. The van der Waals surface area contributed by atoms with Gasteiger partial charge < -0.3 is 4.42 Å². The van der Waals surface area contributed by atoms with Crippen molar-refractivity contribution in [2.24, 2.45) is 0 Å². The highest BCUT2D eigenvalue weighted by atomic mass is 79.9. The quantitative estimate of drug-likeness (QED) is 0.444. The van der Waals surface area contributed by atoms with Gasteiger partial charge in [-0.15, -0.1) is 0 Å². The van der Waals surface area contributed by atoms with E-state index in [0.29, 0.717) is 0 Å². The molecule has 4 rings (SSSR count). The molecule has 2 heterocycles. The Labute approximate surface area is 130 Å². The standard InChI is InChI=1S/C18H12BrNO/c1-11-10-20-7-6-13(11)12-8-15-14-4-2-3-5-17(14)21-18(15)16(19)9-12/h2-10H,1H3. The number of nitrogens with zero attached hydrogens (tertiary/aromatic N) is 1. The lowest BCUT2D eigenvalue weighted by Crippen LogP contribution is -1.85. The van der Waals surface area contributed by atoms with Crippen LogP contribution in [0.5, 0.6) is 0 Å². The number of halogens is 1. The Bertz CT molecular complexity index is 971. The van der Waals surface area contributed by atoms with E-state index in [-0.39, 0.29) is 0 Å². The molecule has 3 heteroatoms. The predicted molar refractivity (Wildman–Crippen MR) is 89.4 cm³/mol. The van der Waals surface area contributed by atoms with Crippen LogP contribution in [-0.4, -0.2) is 4.98 Å². The van der Waals surface area contributed by atoms with Crippen LogP contribution in [0.2, 0.25) is 0 Å². The van der Waals surface area contributed by atoms with Gasteiger partial charge in [0.2, 0.25) is 0 Å². The third-order valence-corrected chi connectivity index (χ3v) is 4.35. The SMILES string of the molecule is Cc1cnccc1-c1cc(Br)c2oc3ccccc3c2c1. The van der Waals surface area contributed by atoms with Gasteiger partial charge in [0, 0.05) is 23.2 Å². The summed E-state index contributed by atoms with van der Waals surface area (Å²) in [5.74, 6) is 0. The number of aromatic nitrogens is 1. The van der Waals surface area contributed by atoms with E-state index in [9.17, 15) is 0 Å². The molecule has 0 aliphatic carbocycles. The van der Waals surface area contributed by atoms with Crippen molar-refractivity contribution in [2.75, 3.05) is 0 Å². The van der Waals surface area contributed by atoms with E-state index in [0.717, 1.165) is 32.0 Å². The van der Waals surface area contributed by atoms with E-state index >= 15 is 0 Å². The normalized spacial score (nSPS) is 11.3. The lowest BCUT2D eigenvalue weighted by atomic mass is 10.0. The van der Waals surface area contributed by atoms with E-state index in [2.05, 4.69) is 46.0 Å². The smallest absolute Gasteiger partial charge is 0.149 e. The summed E-state index contributed by atoms with van der Waals surface area (Å²) < 4.78 is 6.92. The molecule has 2 aromatic heterocycles. The Kier molecular flexibility index (Phi) is 2.82. The molecule has 0 spiro atoms. The number of para-hydroxylation sites is 1. The highest BCUT2D eigenvalue weighted by molar-refractivity contribution is 9.10. The van der Waals surface area contributed by atoms with Crippen LogP contribution >= 0.6 is 15.9 Å². The average molecular weight is 338 g/mol. The number of fused-ring (bicyclic) bond motifs is 3. The fourth-order valence-electron chi connectivity index (χ4n) is 2.74. The van der Waals surface area contributed by atoms with Crippen LogP contribution in [0.4, 0.5) is 0 Å². The molecule has 0 amide bonds. The molecule has 102 valence electrons. The minimum Gasteiger partial charge on any atom is -0.455 e. The van der Waals surface area contributed by atoms with Crippen molar-refractivity contribution in [1.29, 1.82) is 0 Å². The monoisotopic (exact) mass is 337 g/mol. The lowest BCUT2D eigenvalue weighted by molar-refractivity contribution is 0.667. The molecule has 21 heavy (non-hydrogen) atoms. The van der Waals surface area contributed by atoms with Crippen LogP contribution in [-0.2, 0) is 0 Å². The largest absolute Gasteiger partial charge is 0.455 e. The molecule has 0 saturated heterocycles. The first kappa shape index (κ1) is 12.6. The molecular weight excluding hydrogens is 326 g/mol. The third-order valence-electron chi connectivity index (χ3n) is 3.76. The van der Waals surface area contributed by atoms with Crippen molar-refractivity contribution < 1.29 is 4.42 Å². The van der Waals surface area contributed by atoms with Gasteiger partial charge in [0.1, 0.15) is 11.2 Å². The summed E-state index contributed by atoms with van der Waals surface area (Å²) in [7, 11) is 0.